The molecule has 1 fully saturated rings. The van der Waals surface area contributed by atoms with Gasteiger partial charge in [0, 0.05) is 12.1 Å². The van der Waals surface area contributed by atoms with Crippen LogP contribution in [0, 0.1) is 17.8 Å². The molecule has 19 heavy (non-hydrogen) atoms. The molecule has 1 saturated carbocycles. The zero-order chi connectivity index (χ0) is 13.7. The van der Waals surface area contributed by atoms with Crippen LogP contribution in [0.3, 0.4) is 0 Å². The topological polar surface area (TPSA) is 66.4 Å². The normalized spacial score (nSPS) is 15.4. The SMILES string of the molecule is O=S(=O)(NCC1CCC1)c1cccc(C#CCO)c1. The maximum Gasteiger partial charge on any atom is 0.240 e. The summed E-state index contributed by atoms with van der Waals surface area (Å²) < 4.78 is 26.8. The third-order valence-electron chi connectivity index (χ3n) is 3.24. The molecule has 102 valence electrons. The van der Waals surface area contributed by atoms with E-state index in [2.05, 4.69) is 16.6 Å². The van der Waals surface area contributed by atoms with Gasteiger partial charge < -0.3 is 5.11 Å². The smallest absolute Gasteiger partial charge is 0.240 e. The van der Waals surface area contributed by atoms with Crippen molar-refractivity contribution in [2.75, 3.05) is 13.2 Å². The van der Waals surface area contributed by atoms with Gasteiger partial charge in [0.15, 0.2) is 0 Å². The summed E-state index contributed by atoms with van der Waals surface area (Å²) in [6, 6.07) is 6.44. The van der Waals surface area contributed by atoms with Crippen LogP contribution in [0.2, 0.25) is 0 Å². The summed E-state index contributed by atoms with van der Waals surface area (Å²) in [5.74, 6) is 5.68. The maximum absolute atomic E-state index is 12.1. The molecule has 2 N–H and O–H groups in total. The predicted molar refractivity (Wildman–Crippen MR) is 72.9 cm³/mol. The Labute approximate surface area is 113 Å². The predicted octanol–water partition coefficient (Wildman–Crippen LogP) is 1.11. The molecule has 1 aromatic carbocycles. The maximum atomic E-state index is 12.1. The highest BCUT2D eigenvalue weighted by Crippen LogP contribution is 2.25. The molecule has 1 aliphatic carbocycles. The third kappa shape index (κ3) is 3.80. The molecule has 0 radical (unpaired) electrons. The fraction of sp³-hybridized carbons (Fsp3) is 0.429. The summed E-state index contributed by atoms with van der Waals surface area (Å²) in [5, 5.41) is 8.63. The molecule has 0 saturated heterocycles. The number of hydrogen-bond donors (Lipinski definition) is 2. The van der Waals surface area contributed by atoms with E-state index < -0.39 is 10.0 Å². The Morgan fingerprint density at radius 1 is 1.37 bits per heavy atom. The summed E-state index contributed by atoms with van der Waals surface area (Å²) in [4.78, 5) is 0.219. The zero-order valence-corrected chi connectivity index (χ0v) is 11.4. The molecule has 0 aliphatic heterocycles. The van der Waals surface area contributed by atoms with Crippen molar-refractivity contribution in [3.05, 3.63) is 29.8 Å². The van der Waals surface area contributed by atoms with Crippen molar-refractivity contribution in [3.8, 4) is 11.8 Å². The van der Waals surface area contributed by atoms with Gasteiger partial charge in [-0.3, -0.25) is 0 Å². The van der Waals surface area contributed by atoms with E-state index in [0.717, 1.165) is 12.8 Å². The molecular formula is C14H17NO3S. The molecule has 0 unspecified atom stereocenters. The molecular weight excluding hydrogens is 262 g/mol. The number of benzene rings is 1. The van der Waals surface area contributed by atoms with Crippen LogP contribution < -0.4 is 4.72 Å². The Kier molecular flexibility index (Phi) is 4.59. The van der Waals surface area contributed by atoms with Crippen molar-refractivity contribution in [1.29, 1.82) is 0 Å². The molecule has 0 spiro atoms. The van der Waals surface area contributed by atoms with Gasteiger partial charge in [-0.25, -0.2) is 13.1 Å². The second-order valence-electron chi connectivity index (χ2n) is 4.64. The van der Waals surface area contributed by atoms with Crippen molar-refractivity contribution in [1.82, 2.24) is 4.72 Å². The Morgan fingerprint density at radius 2 is 2.16 bits per heavy atom. The molecule has 0 atom stereocenters. The molecule has 4 nitrogen and oxygen atoms in total. The second kappa shape index (κ2) is 6.20. The lowest BCUT2D eigenvalue weighted by Gasteiger charge is -2.25. The first-order valence-corrected chi connectivity index (χ1v) is 7.79. The molecule has 0 bridgehead atoms. The summed E-state index contributed by atoms with van der Waals surface area (Å²) in [5.41, 5.74) is 0.584. The van der Waals surface area contributed by atoms with Crippen LogP contribution in [-0.2, 0) is 10.0 Å². The van der Waals surface area contributed by atoms with E-state index in [-0.39, 0.29) is 11.5 Å². The molecule has 5 heteroatoms. The average molecular weight is 279 g/mol. The quantitative estimate of drug-likeness (QED) is 0.811. The van der Waals surface area contributed by atoms with Crippen molar-refractivity contribution < 1.29 is 13.5 Å². The van der Waals surface area contributed by atoms with Crippen LogP contribution in [0.5, 0.6) is 0 Å². The van der Waals surface area contributed by atoms with Crippen LogP contribution in [-0.4, -0.2) is 26.7 Å². The number of sulfonamides is 1. The number of aliphatic hydroxyl groups excluding tert-OH is 1. The lowest BCUT2D eigenvalue weighted by Crippen LogP contribution is -2.32. The highest BCUT2D eigenvalue weighted by molar-refractivity contribution is 7.89. The number of aliphatic hydroxyl groups is 1. The standard InChI is InChI=1S/C14H17NO3S/c16-9-3-7-12-4-2-8-14(10-12)19(17,18)15-11-13-5-1-6-13/h2,4,8,10,13,15-16H,1,5-6,9,11H2. The Hall–Kier alpha value is -1.35. The largest absolute Gasteiger partial charge is 0.384 e. The Bertz CT molecular complexity index is 595. The summed E-state index contributed by atoms with van der Waals surface area (Å²) >= 11 is 0. The Balaban J connectivity index is 2.10. The summed E-state index contributed by atoms with van der Waals surface area (Å²) in [6.07, 6.45) is 3.40. The van der Waals surface area contributed by atoms with Gasteiger partial charge in [-0.1, -0.05) is 24.3 Å². The fourth-order valence-electron chi connectivity index (χ4n) is 1.89. The van der Waals surface area contributed by atoms with Crippen LogP contribution in [0.15, 0.2) is 29.2 Å². The van der Waals surface area contributed by atoms with Gasteiger partial charge in [-0.2, -0.15) is 0 Å². The molecule has 0 amide bonds. The van der Waals surface area contributed by atoms with Crippen molar-refractivity contribution in [2.24, 2.45) is 5.92 Å². The summed E-state index contributed by atoms with van der Waals surface area (Å²) in [7, 11) is -3.46. The fourth-order valence-corrected chi connectivity index (χ4v) is 3.05. The first-order valence-electron chi connectivity index (χ1n) is 6.31. The Morgan fingerprint density at radius 3 is 2.79 bits per heavy atom. The number of hydrogen-bond acceptors (Lipinski definition) is 3. The van der Waals surface area contributed by atoms with E-state index in [1.807, 2.05) is 0 Å². The highest BCUT2D eigenvalue weighted by Gasteiger charge is 2.21. The lowest BCUT2D eigenvalue weighted by molar-refractivity contribution is 0.316. The third-order valence-corrected chi connectivity index (χ3v) is 4.66. The van der Waals surface area contributed by atoms with Gasteiger partial charge in [0.1, 0.15) is 6.61 Å². The minimum atomic E-state index is -3.46. The van der Waals surface area contributed by atoms with Gasteiger partial charge in [-0.15, -0.1) is 0 Å². The number of rotatable bonds is 4. The summed E-state index contributed by atoms with van der Waals surface area (Å²) in [6.45, 7) is 0.270. The van der Waals surface area contributed by atoms with E-state index in [0.29, 0.717) is 18.0 Å². The zero-order valence-electron chi connectivity index (χ0n) is 10.6. The van der Waals surface area contributed by atoms with E-state index in [1.165, 1.54) is 12.5 Å². The first kappa shape index (κ1) is 14.1. The van der Waals surface area contributed by atoms with Crippen LogP contribution in [0.4, 0.5) is 0 Å². The molecule has 2 rings (SSSR count). The van der Waals surface area contributed by atoms with Gasteiger partial charge in [-0.05, 0) is 37.0 Å². The minimum absolute atomic E-state index is 0.219. The van der Waals surface area contributed by atoms with E-state index in [4.69, 9.17) is 5.11 Å². The van der Waals surface area contributed by atoms with Crippen LogP contribution in [0.25, 0.3) is 0 Å². The minimum Gasteiger partial charge on any atom is -0.384 e. The van der Waals surface area contributed by atoms with Crippen LogP contribution >= 0.6 is 0 Å². The molecule has 1 aliphatic rings. The van der Waals surface area contributed by atoms with Gasteiger partial charge in [0.2, 0.25) is 10.0 Å². The second-order valence-corrected chi connectivity index (χ2v) is 6.40. The van der Waals surface area contributed by atoms with Crippen molar-refractivity contribution in [2.45, 2.75) is 24.2 Å². The van der Waals surface area contributed by atoms with E-state index in [9.17, 15) is 8.42 Å². The number of nitrogens with one attached hydrogen (secondary N) is 1. The monoisotopic (exact) mass is 279 g/mol. The highest BCUT2D eigenvalue weighted by atomic mass is 32.2. The first-order chi connectivity index (χ1) is 9.12. The van der Waals surface area contributed by atoms with Gasteiger partial charge in [0.25, 0.3) is 0 Å². The van der Waals surface area contributed by atoms with Crippen molar-refractivity contribution in [3.63, 3.8) is 0 Å². The average Bonchev–Trinajstić information content (AvgIpc) is 2.35. The van der Waals surface area contributed by atoms with E-state index in [1.54, 1.807) is 18.2 Å². The lowest BCUT2D eigenvalue weighted by atomic mass is 9.86. The van der Waals surface area contributed by atoms with Crippen molar-refractivity contribution >= 4 is 10.0 Å². The van der Waals surface area contributed by atoms with Crippen LogP contribution in [0.1, 0.15) is 24.8 Å². The van der Waals surface area contributed by atoms with Gasteiger partial charge in [0.05, 0.1) is 4.90 Å². The molecule has 1 aromatic rings. The molecule has 0 heterocycles. The molecule has 0 aromatic heterocycles. The van der Waals surface area contributed by atoms with Gasteiger partial charge >= 0.3 is 0 Å². The van der Waals surface area contributed by atoms with E-state index >= 15 is 0 Å².